The van der Waals surface area contributed by atoms with Gasteiger partial charge < -0.3 is 0 Å². The number of imide groups is 1. The van der Waals surface area contributed by atoms with Crippen LogP contribution in [-0.2, 0) is 9.59 Å². The summed E-state index contributed by atoms with van der Waals surface area (Å²) in [5, 5.41) is 0. The summed E-state index contributed by atoms with van der Waals surface area (Å²) in [4.78, 5) is 27.0. The highest BCUT2D eigenvalue weighted by Gasteiger charge is 2.56. The number of hydrogen-bond donors (Lipinski definition) is 0. The molecule has 3 aliphatic carbocycles. The molecule has 0 radical (unpaired) electrons. The van der Waals surface area contributed by atoms with E-state index >= 15 is 0 Å². The van der Waals surface area contributed by atoms with Crippen LogP contribution in [0.1, 0.15) is 18.4 Å². The normalized spacial score (nSPS) is 33.7. The van der Waals surface area contributed by atoms with Crippen molar-refractivity contribution in [2.45, 2.75) is 19.8 Å². The SMILES string of the molecule is Cc1cc(N2C(=O)[C@@H]3[C@H](C2=O)[C@@H]2C=C[C@H]3CC2)ccc1Br. The second-order valence-electron chi connectivity index (χ2n) is 6.29. The molecule has 4 aliphatic rings. The topological polar surface area (TPSA) is 37.4 Å². The molecule has 1 aliphatic heterocycles. The highest BCUT2D eigenvalue weighted by Crippen LogP contribution is 2.50. The molecule has 1 saturated heterocycles. The van der Waals surface area contributed by atoms with Gasteiger partial charge in [-0.3, -0.25) is 14.5 Å². The molecular formula is C17H16BrNO2. The van der Waals surface area contributed by atoms with Gasteiger partial charge in [-0.15, -0.1) is 0 Å². The van der Waals surface area contributed by atoms with Crippen LogP contribution >= 0.6 is 15.9 Å². The summed E-state index contributed by atoms with van der Waals surface area (Å²) < 4.78 is 0.990. The van der Waals surface area contributed by atoms with Gasteiger partial charge in [0.1, 0.15) is 0 Å². The standard InChI is InChI=1S/C17H16BrNO2/c1-9-8-12(6-7-13(9)18)19-16(20)14-10-2-3-11(5-4-10)15(14)17(19)21/h2-3,6-8,10-11,14-15H,4-5H2,1H3/t10-,11+,14-,15+. The number of anilines is 1. The number of halogens is 1. The molecule has 2 bridgehead atoms. The van der Waals surface area contributed by atoms with Gasteiger partial charge in [0, 0.05) is 4.47 Å². The Hall–Kier alpha value is -1.42. The van der Waals surface area contributed by atoms with Crippen LogP contribution in [0.3, 0.4) is 0 Å². The Morgan fingerprint density at radius 3 is 2.10 bits per heavy atom. The van der Waals surface area contributed by atoms with Crippen molar-refractivity contribution in [3.05, 3.63) is 40.4 Å². The summed E-state index contributed by atoms with van der Waals surface area (Å²) >= 11 is 3.46. The molecule has 0 aromatic heterocycles. The van der Waals surface area contributed by atoms with E-state index in [0.717, 1.165) is 22.9 Å². The van der Waals surface area contributed by atoms with Crippen molar-refractivity contribution in [3.63, 3.8) is 0 Å². The van der Waals surface area contributed by atoms with Crippen molar-refractivity contribution in [2.24, 2.45) is 23.7 Å². The number of carbonyl (C=O) groups is 2. The molecule has 3 nitrogen and oxygen atoms in total. The van der Waals surface area contributed by atoms with Crippen molar-refractivity contribution >= 4 is 33.4 Å². The van der Waals surface area contributed by atoms with Crippen LogP contribution in [0.4, 0.5) is 5.69 Å². The molecule has 2 fully saturated rings. The van der Waals surface area contributed by atoms with Crippen molar-refractivity contribution < 1.29 is 9.59 Å². The van der Waals surface area contributed by atoms with Gasteiger partial charge in [0.2, 0.25) is 11.8 Å². The van der Waals surface area contributed by atoms with Crippen molar-refractivity contribution in [3.8, 4) is 0 Å². The fourth-order valence-corrected chi connectivity index (χ4v) is 4.34. The van der Waals surface area contributed by atoms with Crippen LogP contribution in [0, 0.1) is 30.6 Å². The van der Waals surface area contributed by atoms with E-state index in [1.807, 2.05) is 25.1 Å². The Morgan fingerprint density at radius 2 is 1.62 bits per heavy atom. The largest absolute Gasteiger partial charge is 0.274 e. The number of benzene rings is 1. The van der Waals surface area contributed by atoms with Gasteiger partial charge in [-0.2, -0.15) is 0 Å². The molecule has 0 spiro atoms. The average Bonchev–Trinajstić information content (AvgIpc) is 2.78. The Balaban J connectivity index is 1.76. The van der Waals surface area contributed by atoms with E-state index in [1.165, 1.54) is 4.90 Å². The fraction of sp³-hybridized carbons (Fsp3) is 0.412. The number of fused-ring (bicyclic) bond motifs is 1. The molecule has 0 N–H and O–H groups in total. The summed E-state index contributed by atoms with van der Waals surface area (Å²) in [6.45, 7) is 1.97. The lowest BCUT2D eigenvalue weighted by atomic mass is 9.63. The second-order valence-corrected chi connectivity index (χ2v) is 7.14. The highest BCUT2D eigenvalue weighted by atomic mass is 79.9. The smallest absolute Gasteiger partial charge is 0.238 e. The van der Waals surface area contributed by atoms with Crippen LogP contribution in [0.25, 0.3) is 0 Å². The lowest BCUT2D eigenvalue weighted by Gasteiger charge is -2.38. The van der Waals surface area contributed by atoms with Crippen molar-refractivity contribution in [1.82, 2.24) is 0 Å². The van der Waals surface area contributed by atoms with Crippen LogP contribution in [0.15, 0.2) is 34.8 Å². The maximum Gasteiger partial charge on any atom is 0.238 e. The van der Waals surface area contributed by atoms with E-state index < -0.39 is 0 Å². The first-order valence-electron chi connectivity index (χ1n) is 7.40. The number of rotatable bonds is 1. The van der Waals surface area contributed by atoms with Gasteiger partial charge in [-0.05, 0) is 55.4 Å². The van der Waals surface area contributed by atoms with Crippen molar-refractivity contribution in [1.29, 1.82) is 0 Å². The van der Waals surface area contributed by atoms with Crippen LogP contribution in [-0.4, -0.2) is 11.8 Å². The van der Waals surface area contributed by atoms with Crippen molar-refractivity contribution in [2.75, 3.05) is 4.90 Å². The van der Waals surface area contributed by atoms with Gasteiger partial charge in [-0.1, -0.05) is 28.1 Å². The van der Waals surface area contributed by atoms with Crippen LogP contribution < -0.4 is 4.90 Å². The second kappa shape index (κ2) is 4.54. The Kier molecular flexibility index (Phi) is 2.86. The monoisotopic (exact) mass is 345 g/mol. The molecule has 1 saturated carbocycles. The lowest BCUT2D eigenvalue weighted by Crippen LogP contribution is -2.38. The van der Waals surface area contributed by atoms with Crippen LogP contribution in [0.2, 0.25) is 0 Å². The van der Waals surface area contributed by atoms with E-state index in [9.17, 15) is 9.59 Å². The Bertz CT molecular complexity index is 649. The molecule has 1 aromatic carbocycles. The summed E-state index contributed by atoms with van der Waals surface area (Å²) in [7, 11) is 0. The number of amides is 2. The molecule has 21 heavy (non-hydrogen) atoms. The zero-order chi connectivity index (χ0) is 14.7. The van der Waals surface area contributed by atoms with Gasteiger partial charge in [0.25, 0.3) is 0 Å². The quantitative estimate of drug-likeness (QED) is 0.577. The van der Waals surface area contributed by atoms with E-state index in [0.29, 0.717) is 5.69 Å². The summed E-state index contributed by atoms with van der Waals surface area (Å²) in [6, 6.07) is 5.66. The van der Waals surface area contributed by atoms with Gasteiger partial charge >= 0.3 is 0 Å². The summed E-state index contributed by atoms with van der Waals surface area (Å²) in [6.07, 6.45) is 6.37. The number of carbonyl (C=O) groups excluding carboxylic acids is 2. The molecule has 4 atom stereocenters. The predicted molar refractivity (Wildman–Crippen MR) is 83.7 cm³/mol. The Morgan fingerprint density at radius 1 is 1.05 bits per heavy atom. The number of nitrogens with zero attached hydrogens (tertiary/aromatic N) is 1. The lowest BCUT2D eigenvalue weighted by molar-refractivity contribution is -0.124. The minimum atomic E-state index is -0.134. The minimum absolute atomic E-state index is 0.00854. The zero-order valence-electron chi connectivity index (χ0n) is 11.8. The number of hydrogen-bond acceptors (Lipinski definition) is 2. The third-order valence-electron chi connectivity index (χ3n) is 5.16. The van der Waals surface area contributed by atoms with E-state index in [1.54, 1.807) is 0 Å². The minimum Gasteiger partial charge on any atom is -0.274 e. The maximum absolute atomic E-state index is 12.8. The highest BCUT2D eigenvalue weighted by molar-refractivity contribution is 9.10. The molecule has 2 amide bonds. The van der Waals surface area contributed by atoms with Gasteiger partial charge in [0.05, 0.1) is 17.5 Å². The summed E-state index contributed by atoms with van der Waals surface area (Å²) in [5.41, 5.74) is 1.74. The van der Waals surface area contributed by atoms with Gasteiger partial charge in [0.15, 0.2) is 0 Å². The average molecular weight is 346 g/mol. The molecule has 1 aromatic rings. The van der Waals surface area contributed by atoms with Crippen LogP contribution in [0.5, 0.6) is 0 Å². The molecule has 5 rings (SSSR count). The zero-order valence-corrected chi connectivity index (χ0v) is 13.3. The van der Waals surface area contributed by atoms with Gasteiger partial charge in [-0.25, -0.2) is 0 Å². The Labute approximate surface area is 132 Å². The summed E-state index contributed by atoms with van der Waals surface area (Å²) in [5.74, 6) is 0.211. The van der Waals surface area contributed by atoms with E-state index in [-0.39, 0.29) is 35.5 Å². The molecule has 4 heteroatoms. The first-order valence-corrected chi connectivity index (χ1v) is 8.19. The number of allylic oxidation sites excluding steroid dienone is 2. The molecular weight excluding hydrogens is 330 g/mol. The third kappa shape index (κ3) is 1.78. The maximum atomic E-state index is 12.8. The first-order chi connectivity index (χ1) is 10.1. The fourth-order valence-electron chi connectivity index (χ4n) is 4.10. The number of aryl methyl sites for hydroxylation is 1. The third-order valence-corrected chi connectivity index (χ3v) is 6.05. The van der Waals surface area contributed by atoms with E-state index in [2.05, 4.69) is 28.1 Å². The molecule has 0 unspecified atom stereocenters. The first kappa shape index (κ1) is 13.3. The molecule has 108 valence electrons. The predicted octanol–water partition coefficient (Wildman–Crippen LogP) is 3.46. The molecule has 1 heterocycles. The van der Waals surface area contributed by atoms with E-state index in [4.69, 9.17) is 0 Å².